The summed E-state index contributed by atoms with van der Waals surface area (Å²) in [6.45, 7) is 8.38. The number of thiophene rings is 1. The zero-order valence-corrected chi connectivity index (χ0v) is 19.7. The number of hydrazone groups is 1. The zero-order chi connectivity index (χ0) is 22.8. The fourth-order valence-electron chi connectivity index (χ4n) is 4.16. The van der Waals surface area contributed by atoms with Crippen molar-refractivity contribution in [1.82, 2.24) is 24.9 Å². The van der Waals surface area contributed by atoms with Gasteiger partial charge in [-0.05, 0) is 23.6 Å². The maximum absolute atomic E-state index is 13.3. The van der Waals surface area contributed by atoms with Crippen LogP contribution in [0, 0.1) is 0 Å². The normalized spacial score (nSPS) is 20.0. The Labute approximate surface area is 196 Å². The topological polar surface area (TPSA) is 91.2 Å². The first-order valence-electron chi connectivity index (χ1n) is 11.3. The van der Waals surface area contributed by atoms with E-state index in [0.717, 1.165) is 48.4 Å². The second-order valence-corrected chi connectivity index (χ2v) is 9.70. The second-order valence-electron chi connectivity index (χ2n) is 8.75. The molecule has 1 fully saturated rings. The number of hydrogen-bond acceptors (Lipinski definition) is 9. The molecule has 10 heteroatoms. The van der Waals surface area contributed by atoms with Crippen LogP contribution >= 0.6 is 11.3 Å². The fourth-order valence-corrected chi connectivity index (χ4v) is 4.88. The molecule has 9 nitrogen and oxygen atoms in total. The first-order chi connectivity index (χ1) is 16.1. The summed E-state index contributed by atoms with van der Waals surface area (Å²) in [5, 5.41) is 12.4. The Bertz CT molecular complexity index is 1080. The van der Waals surface area contributed by atoms with Gasteiger partial charge in [0.2, 0.25) is 5.89 Å². The van der Waals surface area contributed by atoms with Crippen LogP contribution in [0.1, 0.15) is 54.6 Å². The summed E-state index contributed by atoms with van der Waals surface area (Å²) in [6, 6.07) is 7.63. The van der Waals surface area contributed by atoms with Gasteiger partial charge in [0, 0.05) is 38.5 Å². The van der Waals surface area contributed by atoms with Gasteiger partial charge in [0.1, 0.15) is 11.8 Å². The van der Waals surface area contributed by atoms with E-state index in [-0.39, 0.29) is 17.9 Å². The van der Waals surface area contributed by atoms with Crippen molar-refractivity contribution in [3.05, 3.63) is 58.3 Å². The SMILES string of the molecule is CC(C)c1noc(CN2CCN(CC(=O)N3N=C(c4cccs4)CC3c3ccco3)CC2)n1. The Kier molecular flexibility index (Phi) is 6.39. The van der Waals surface area contributed by atoms with Gasteiger partial charge in [-0.3, -0.25) is 14.6 Å². The maximum Gasteiger partial charge on any atom is 0.257 e. The Hall–Kier alpha value is -2.82. The third-order valence-corrected chi connectivity index (χ3v) is 6.94. The van der Waals surface area contributed by atoms with Gasteiger partial charge in [-0.1, -0.05) is 25.1 Å². The molecule has 0 bridgehead atoms. The molecule has 0 radical (unpaired) electrons. The number of carbonyl (C=O) groups excluding carboxylic acids is 1. The van der Waals surface area contributed by atoms with Crippen LogP contribution in [0.5, 0.6) is 0 Å². The number of rotatable bonds is 7. The minimum absolute atomic E-state index is 0.00474. The molecular formula is C23H28N6O3S. The third-order valence-electron chi connectivity index (χ3n) is 6.03. The molecule has 1 saturated heterocycles. The summed E-state index contributed by atoms with van der Waals surface area (Å²) in [5.41, 5.74) is 0.935. The van der Waals surface area contributed by atoms with Crippen LogP contribution in [0.4, 0.5) is 0 Å². The van der Waals surface area contributed by atoms with Crippen LogP contribution in [-0.4, -0.2) is 69.3 Å². The lowest BCUT2D eigenvalue weighted by Gasteiger charge is -2.34. The van der Waals surface area contributed by atoms with Gasteiger partial charge >= 0.3 is 0 Å². The molecule has 2 aliphatic rings. The molecule has 2 aliphatic heterocycles. The van der Waals surface area contributed by atoms with Gasteiger partial charge in [-0.25, -0.2) is 5.01 Å². The highest BCUT2D eigenvalue weighted by Crippen LogP contribution is 2.34. The van der Waals surface area contributed by atoms with Gasteiger partial charge in [-0.2, -0.15) is 10.1 Å². The van der Waals surface area contributed by atoms with Crippen molar-refractivity contribution in [3.63, 3.8) is 0 Å². The lowest BCUT2D eigenvalue weighted by Crippen LogP contribution is -2.49. The van der Waals surface area contributed by atoms with Crippen molar-refractivity contribution in [2.75, 3.05) is 32.7 Å². The molecule has 0 aliphatic carbocycles. The van der Waals surface area contributed by atoms with Crippen molar-refractivity contribution in [1.29, 1.82) is 0 Å². The molecule has 0 N–H and O–H groups in total. The number of hydrogen-bond donors (Lipinski definition) is 0. The molecule has 1 amide bonds. The van der Waals surface area contributed by atoms with Crippen molar-refractivity contribution in [2.24, 2.45) is 5.10 Å². The lowest BCUT2D eigenvalue weighted by molar-refractivity contribution is -0.135. The Morgan fingerprint density at radius 3 is 2.67 bits per heavy atom. The van der Waals surface area contributed by atoms with E-state index in [4.69, 9.17) is 14.0 Å². The molecule has 3 aromatic rings. The molecule has 33 heavy (non-hydrogen) atoms. The monoisotopic (exact) mass is 468 g/mol. The summed E-state index contributed by atoms with van der Waals surface area (Å²) in [4.78, 5) is 23.3. The van der Waals surface area contributed by atoms with Gasteiger partial charge in [0.25, 0.3) is 5.91 Å². The minimum atomic E-state index is -0.196. The summed E-state index contributed by atoms with van der Waals surface area (Å²) in [7, 11) is 0. The Morgan fingerprint density at radius 2 is 2.00 bits per heavy atom. The highest BCUT2D eigenvalue weighted by atomic mass is 32.1. The maximum atomic E-state index is 13.3. The molecule has 174 valence electrons. The molecule has 1 unspecified atom stereocenters. The van der Waals surface area contributed by atoms with Crippen LogP contribution < -0.4 is 0 Å². The molecule has 5 heterocycles. The zero-order valence-electron chi connectivity index (χ0n) is 18.9. The number of carbonyl (C=O) groups is 1. The van der Waals surface area contributed by atoms with E-state index in [1.54, 1.807) is 22.6 Å². The smallest absolute Gasteiger partial charge is 0.257 e. The lowest BCUT2D eigenvalue weighted by atomic mass is 10.1. The molecule has 0 saturated carbocycles. The second kappa shape index (κ2) is 9.58. The standard InChI is InChI=1S/C23H28N6O3S/c1-16(2)23-24-21(32-26-23)14-27-7-9-28(10-8-27)15-22(30)29-18(19-5-3-11-31-19)13-17(25-29)20-6-4-12-33-20/h3-6,11-12,16,18H,7-10,13-15H2,1-2H3. The molecule has 0 spiro atoms. The van der Waals surface area contributed by atoms with Gasteiger partial charge in [0.15, 0.2) is 5.82 Å². The quantitative estimate of drug-likeness (QED) is 0.525. The predicted molar refractivity (Wildman–Crippen MR) is 124 cm³/mol. The van der Waals surface area contributed by atoms with Crippen LogP contribution in [0.15, 0.2) is 50.0 Å². The molecule has 1 atom stereocenters. The average molecular weight is 469 g/mol. The van der Waals surface area contributed by atoms with E-state index in [1.165, 1.54) is 0 Å². The summed E-state index contributed by atoms with van der Waals surface area (Å²) < 4.78 is 11.0. The van der Waals surface area contributed by atoms with Crippen LogP contribution in [0.25, 0.3) is 0 Å². The highest BCUT2D eigenvalue weighted by Gasteiger charge is 2.36. The average Bonchev–Trinajstić information content (AvgIpc) is 3.61. The number of nitrogens with zero attached hydrogens (tertiary/aromatic N) is 6. The van der Waals surface area contributed by atoms with E-state index in [9.17, 15) is 4.79 Å². The summed E-state index contributed by atoms with van der Waals surface area (Å²) >= 11 is 1.64. The van der Waals surface area contributed by atoms with E-state index in [2.05, 4.69) is 33.8 Å². The van der Waals surface area contributed by atoms with Gasteiger partial charge in [0.05, 0.1) is 29.9 Å². The first-order valence-corrected chi connectivity index (χ1v) is 12.2. The number of furan rings is 1. The van der Waals surface area contributed by atoms with Crippen molar-refractivity contribution in [2.45, 2.75) is 38.8 Å². The van der Waals surface area contributed by atoms with E-state index < -0.39 is 0 Å². The Balaban J connectivity index is 1.19. The third kappa shape index (κ3) is 4.92. The molecule has 3 aromatic heterocycles. The van der Waals surface area contributed by atoms with Gasteiger partial charge in [-0.15, -0.1) is 11.3 Å². The largest absolute Gasteiger partial charge is 0.467 e. The number of aromatic nitrogens is 2. The Morgan fingerprint density at radius 1 is 1.18 bits per heavy atom. The summed E-state index contributed by atoms with van der Waals surface area (Å²) in [6.07, 6.45) is 2.31. The number of amides is 1. The predicted octanol–water partition coefficient (Wildman–Crippen LogP) is 3.34. The van der Waals surface area contributed by atoms with Crippen LogP contribution in [0.2, 0.25) is 0 Å². The van der Waals surface area contributed by atoms with Crippen molar-refractivity contribution >= 4 is 23.0 Å². The molecule has 5 rings (SSSR count). The number of piperazine rings is 1. The summed E-state index contributed by atoms with van der Waals surface area (Å²) in [5.74, 6) is 2.41. The first kappa shape index (κ1) is 22.0. The molecular weight excluding hydrogens is 440 g/mol. The van der Waals surface area contributed by atoms with Crippen molar-refractivity contribution < 1.29 is 13.7 Å². The van der Waals surface area contributed by atoms with E-state index in [0.29, 0.717) is 25.4 Å². The van der Waals surface area contributed by atoms with Crippen molar-refractivity contribution in [3.8, 4) is 0 Å². The van der Waals surface area contributed by atoms with Gasteiger partial charge < -0.3 is 8.94 Å². The minimum Gasteiger partial charge on any atom is -0.467 e. The fraction of sp³-hybridized carbons (Fsp3) is 0.478. The highest BCUT2D eigenvalue weighted by molar-refractivity contribution is 7.12. The van der Waals surface area contributed by atoms with E-state index in [1.807, 2.05) is 29.6 Å². The molecule has 0 aromatic carbocycles. The van der Waals surface area contributed by atoms with Crippen LogP contribution in [0.3, 0.4) is 0 Å². The van der Waals surface area contributed by atoms with E-state index >= 15 is 0 Å². The van der Waals surface area contributed by atoms with Crippen LogP contribution in [-0.2, 0) is 11.3 Å².